The van der Waals surface area contributed by atoms with E-state index in [1.54, 1.807) is 65.8 Å². The van der Waals surface area contributed by atoms with E-state index in [-0.39, 0.29) is 6.42 Å². The van der Waals surface area contributed by atoms with Crippen LogP contribution in [0.4, 0.5) is 15.3 Å². The van der Waals surface area contributed by atoms with Crippen molar-refractivity contribution in [3.05, 3.63) is 29.8 Å². The number of nitrogens with one attached hydrogen (secondary N) is 2. The molecule has 1 atom stereocenters. The third kappa shape index (κ3) is 9.48. The van der Waals surface area contributed by atoms with Gasteiger partial charge in [-0.1, -0.05) is 12.1 Å². The van der Waals surface area contributed by atoms with Crippen LogP contribution < -0.4 is 10.6 Å². The highest BCUT2D eigenvalue weighted by Crippen LogP contribution is 2.22. The number of alkyl carbamates (subject to hydrolysis) is 1. The number of carboxylic acid groups (broad SMARTS) is 1. The van der Waals surface area contributed by atoms with Crippen LogP contribution in [0.15, 0.2) is 24.3 Å². The van der Waals surface area contributed by atoms with Crippen LogP contribution in [0.5, 0.6) is 0 Å². The first kappa shape index (κ1) is 22.3. The van der Waals surface area contributed by atoms with Crippen molar-refractivity contribution in [2.75, 3.05) is 5.32 Å². The summed E-state index contributed by atoms with van der Waals surface area (Å²) in [5, 5.41) is 14.3. The normalized spacial score (nSPS) is 12.7. The highest BCUT2D eigenvalue weighted by Gasteiger charge is 2.23. The lowest BCUT2D eigenvalue weighted by atomic mass is 10.0. The summed E-state index contributed by atoms with van der Waals surface area (Å²) < 4.78 is 10.4. The summed E-state index contributed by atoms with van der Waals surface area (Å²) in [4.78, 5) is 35.1. The Hall–Kier alpha value is -2.77. The van der Waals surface area contributed by atoms with Crippen molar-refractivity contribution in [1.29, 1.82) is 0 Å². The maximum absolute atomic E-state index is 12.0. The maximum Gasteiger partial charge on any atom is 0.412 e. The molecule has 0 aliphatic carbocycles. The molecule has 0 radical (unpaired) electrons. The van der Waals surface area contributed by atoms with Crippen molar-refractivity contribution in [2.45, 2.75) is 65.2 Å². The molecule has 0 spiro atoms. The zero-order chi connectivity index (χ0) is 20.8. The van der Waals surface area contributed by atoms with Crippen molar-refractivity contribution in [3.8, 4) is 0 Å². The van der Waals surface area contributed by atoms with E-state index in [9.17, 15) is 14.4 Å². The second kappa shape index (κ2) is 8.75. The number of aliphatic carboxylic acids is 1. The van der Waals surface area contributed by atoms with E-state index in [0.29, 0.717) is 11.3 Å². The summed E-state index contributed by atoms with van der Waals surface area (Å²) in [6.07, 6.45) is -1.69. The highest BCUT2D eigenvalue weighted by molar-refractivity contribution is 5.85. The lowest BCUT2D eigenvalue weighted by Gasteiger charge is -2.23. The largest absolute Gasteiger partial charge is 0.481 e. The molecule has 8 heteroatoms. The number of hydrogen-bond acceptors (Lipinski definition) is 5. The van der Waals surface area contributed by atoms with E-state index < -0.39 is 35.4 Å². The van der Waals surface area contributed by atoms with Crippen LogP contribution in [0, 0.1) is 0 Å². The molecule has 0 saturated carbocycles. The van der Waals surface area contributed by atoms with E-state index >= 15 is 0 Å². The molecule has 0 fully saturated rings. The van der Waals surface area contributed by atoms with Crippen LogP contribution in [0.1, 0.15) is 59.6 Å². The van der Waals surface area contributed by atoms with E-state index in [1.165, 1.54) is 0 Å². The van der Waals surface area contributed by atoms with Crippen molar-refractivity contribution < 1.29 is 29.0 Å². The molecule has 0 bridgehead atoms. The first-order chi connectivity index (χ1) is 12.2. The minimum Gasteiger partial charge on any atom is -0.481 e. The number of benzene rings is 1. The first-order valence-electron chi connectivity index (χ1n) is 8.56. The molecule has 0 aliphatic heterocycles. The monoisotopic (exact) mass is 380 g/mol. The predicted octanol–water partition coefficient (Wildman–Crippen LogP) is 4.07. The Labute approximate surface area is 159 Å². The Bertz CT molecular complexity index is 688. The summed E-state index contributed by atoms with van der Waals surface area (Å²) in [6.45, 7) is 10.4. The van der Waals surface area contributed by atoms with Crippen molar-refractivity contribution >= 4 is 23.8 Å². The molecule has 1 aromatic carbocycles. The van der Waals surface area contributed by atoms with Gasteiger partial charge in [0.15, 0.2) is 0 Å². The van der Waals surface area contributed by atoms with Crippen LogP contribution in [0.2, 0.25) is 0 Å². The van der Waals surface area contributed by atoms with Gasteiger partial charge in [-0.2, -0.15) is 0 Å². The summed E-state index contributed by atoms with van der Waals surface area (Å²) in [5.74, 6) is -1.08. The van der Waals surface area contributed by atoms with Gasteiger partial charge >= 0.3 is 18.2 Å². The zero-order valence-electron chi connectivity index (χ0n) is 16.6. The van der Waals surface area contributed by atoms with Gasteiger partial charge in [-0.25, -0.2) is 9.59 Å². The Morgan fingerprint density at radius 3 is 2.07 bits per heavy atom. The molecule has 27 heavy (non-hydrogen) atoms. The molecule has 2 amide bonds. The Morgan fingerprint density at radius 2 is 1.56 bits per heavy atom. The summed E-state index contributed by atoms with van der Waals surface area (Å²) in [6, 6.07) is 5.70. The van der Waals surface area contributed by atoms with Crippen LogP contribution in [0.3, 0.4) is 0 Å². The molecule has 1 rings (SSSR count). The Kier molecular flexibility index (Phi) is 7.21. The van der Waals surface area contributed by atoms with Crippen molar-refractivity contribution in [2.24, 2.45) is 0 Å². The van der Waals surface area contributed by atoms with Crippen LogP contribution in [-0.4, -0.2) is 34.5 Å². The van der Waals surface area contributed by atoms with E-state index in [0.717, 1.165) is 0 Å². The average Bonchev–Trinajstić information content (AvgIpc) is 2.42. The van der Waals surface area contributed by atoms with Gasteiger partial charge in [0.05, 0.1) is 12.5 Å². The molecule has 0 heterocycles. The zero-order valence-corrected chi connectivity index (χ0v) is 16.6. The molecule has 1 unspecified atom stereocenters. The minimum atomic E-state index is -1.08. The molecule has 150 valence electrons. The number of carbonyl (C=O) groups excluding carboxylic acids is 2. The van der Waals surface area contributed by atoms with Gasteiger partial charge < -0.3 is 19.9 Å². The van der Waals surface area contributed by atoms with Crippen LogP contribution >= 0.6 is 0 Å². The standard InChI is InChI=1S/C19H28N2O6/c1-18(2,3)26-16(24)20-13-9-7-8-12(10-13)14(11-15(22)23)21-17(25)27-19(4,5)6/h7-10,14H,11H2,1-6H3,(H,20,24)(H,21,25)(H,22,23). The molecule has 0 aliphatic rings. The molecule has 8 nitrogen and oxygen atoms in total. The molecule has 0 saturated heterocycles. The summed E-state index contributed by atoms with van der Waals surface area (Å²) in [5.41, 5.74) is -0.427. The number of hydrogen-bond donors (Lipinski definition) is 3. The molecule has 1 aromatic rings. The average molecular weight is 380 g/mol. The quantitative estimate of drug-likeness (QED) is 0.709. The van der Waals surface area contributed by atoms with Gasteiger partial charge in [0.2, 0.25) is 0 Å². The molecular weight excluding hydrogens is 352 g/mol. The Morgan fingerprint density at radius 1 is 1.00 bits per heavy atom. The fraction of sp³-hybridized carbons (Fsp3) is 0.526. The number of amides is 2. The number of carbonyl (C=O) groups is 3. The van der Waals surface area contributed by atoms with Crippen molar-refractivity contribution in [1.82, 2.24) is 5.32 Å². The minimum absolute atomic E-state index is 0.338. The lowest BCUT2D eigenvalue weighted by Crippen LogP contribution is -2.35. The maximum atomic E-state index is 12.0. The number of anilines is 1. The molecule has 0 aromatic heterocycles. The molecular formula is C19H28N2O6. The van der Waals surface area contributed by atoms with E-state index in [2.05, 4.69) is 10.6 Å². The van der Waals surface area contributed by atoms with E-state index in [1.807, 2.05) is 0 Å². The first-order valence-corrected chi connectivity index (χ1v) is 8.56. The fourth-order valence-electron chi connectivity index (χ4n) is 2.13. The Balaban J connectivity index is 2.94. The number of rotatable bonds is 5. The lowest BCUT2D eigenvalue weighted by molar-refractivity contribution is -0.137. The smallest absolute Gasteiger partial charge is 0.412 e. The predicted molar refractivity (Wildman–Crippen MR) is 101 cm³/mol. The highest BCUT2D eigenvalue weighted by atomic mass is 16.6. The summed E-state index contributed by atoms with van der Waals surface area (Å²) in [7, 11) is 0. The second-order valence-corrected chi connectivity index (χ2v) is 8.05. The fourth-order valence-corrected chi connectivity index (χ4v) is 2.13. The SMILES string of the molecule is CC(C)(C)OC(=O)Nc1cccc(C(CC(=O)O)NC(=O)OC(C)(C)C)c1. The number of carboxylic acids is 1. The van der Waals surface area contributed by atoms with Gasteiger partial charge in [-0.3, -0.25) is 10.1 Å². The topological polar surface area (TPSA) is 114 Å². The molecule has 3 N–H and O–H groups in total. The third-order valence-electron chi connectivity index (χ3n) is 3.00. The van der Waals surface area contributed by atoms with Gasteiger partial charge in [0.1, 0.15) is 11.2 Å². The second-order valence-electron chi connectivity index (χ2n) is 8.05. The summed E-state index contributed by atoms with van der Waals surface area (Å²) >= 11 is 0. The van der Waals surface area contributed by atoms with Gasteiger partial charge in [-0.05, 0) is 59.2 Å². The van der Waals surface area contributed by atoms with Gasteiger partial charge in [0, 0.05) is 5.69 Å². The van der Waals surface area contributed by atoms with Crippen LogP contribution in [-0.2, 0) is 14.3 Å². The van der Waals surface area contributed by atoms with Crippen LogP contribution in [0.25, 0.3) is 0 Å². The van der Waals surface area contributed by atoms with E-state index in [4.69, 9.17) is 14.6 Å². The van der Waals surface area contributed by atoms with Gasteiger partial charge in [-0.15, -0.1) is 0 Å². The van der Waals surface area contributed by atoms with Gasteiger partial charge in [0.25, 0.3) is 0 Å². The van der Waals surface area contributed by atoms with Crippen molar-refractivity contribution in [3.63, 3.8) is 0 Å². The third-order valence-corrected chi connectivity index (χ3v) is 3.00. The number of ether oxygens (including phenoxy) is 2.